The SMILES string of the molecule is CC(C)(C)OC(=O)N1CCC(CNc2ccc3nnnc(Nc4cccc(OC(F)(F)F)c4)c3n2)CC1. The highest BCUT2D eigenvalue weighted by atomic mass is 19.4. The number of fused-ring (bicyclic) bond motifs is 1. The first-order valence-electron chi connectivity index (χ1n) is 11.8. The van der Waals surface area contributed by atoms with Crippen LogP contribution in [-0.2, 0) is 4.74 Å². The van der Waals surface area contributed by atoms with Crippen LogP contribution in [0.25, 0.3) is 11.0 Å². The first-order valence-corrected chi connectivity index (χ1v) is 11.8. The number of nitrogens with one attached hydrogen (secondary N) is 2. The van der Waals surface area contributed by atoms with E-state index in [1.165, 1.54) is 18.2 Å². The van der Waals surface area contributed by atoms with Gasteiger partial charge in [0.15, 0.2) is 5.82 Å². The molecule has 2 aromatic heterocycles. The van der Waals surface area contributed by atoms with Crippen molar-refractivity contribution in [2.75, 3.05) is 30.3 Å². The van der Waals surface area contributed by atoms with Crippen molar-refractivity contribution in [1.29, 1.82) is 0 Å². The van der Waals surface area contributed by atoms with Gasteiger partial charge in [0, 0.05) is 31.4 Å². The maximum atomic E-state index is 12.6. The molecular weight excluding hydrogens is 491 g/mol. The highest BCUT2D eigenvalue weighted by Crippen LogP contribution is 2.28. The first kappa shape index (κ1) is 26.2. The van der Waals surface area contributed by atoms with Crippen molar-refractivity contribution < 1.29 is 27.4 Å². The van der Waals surface area contributed by atoms with Crippen LogP contribution >= 0.6 is 0 Å². The lowest BCUT2D eigenvalue weighted by Gasteiger charge is -2.33. The van der Waals surface area contributed by atoms with E-state index in [4.69, 9.17) is 4.74 Å². The molecule has 1 aliphatic rings. The predicted octanol–water partition coefficient (Wildman–Crippen LogP) is 5.12. The third kappa shape index (κ3) is 7.54. The topological polar surface area (TPSA) is 114 Å². The van der Waals surface area contributed by atoms with E-state index in [1.807, 2.05) is 20.8 Å². The van der Waals surface area contributed by atoms with Gasteiger partial charge in [-0.1, -0.05) is 6.07 Å². The van der Waals surface area contributed by atoms with E-state index in [0.29, 0.717) is 48.1 Å². The number of pyridine rings is 1. The van der Waals surface area contributed by atoms with Gasteiger partial charge in [-0.15, -0.1) is 23.4 Å². The zero-order valence-corrected chi connectivity index (χ0v) is 20.7. The Morgan fingerprint density at radius 1 is 1.11 bits per heavy atom. The van der Waals surface area contributed by atoms with Crippen LogP contribution in [0.4, 0.5) is 35.3 Å². The largest absolute Gasteiger partial charge is 0.573 e. The molecule has 0 atom stereocenters. The van der Waals surface area contributed by atoms with Gasteiger partial charge in [0.25, 0.3) is 0 Å². The molecule has 3 aromatic rings. The average molecular weight is 520 g/mol. The van der Waals surface area contributed by atoms with Crippen LogP contribution in [0.15, 0.2) is 36.4 Å². The Labute approximate surface area is 211 Å². The van der Waals surface area contributed by atoms with Gasteiger partial charge in [-0.05, 0) is 69.0 Å². The fourth-order valence-electron chi connectivity index (χ4n) is 3.85. The Hall–Kier alpha value is -3.90. The first-order chi connectivity index (χ1) is 17.4. The van der Waals surface area contributed by atoms with Gasteiger partial charge in [0.2, 0.25) is 0 Å². The smallest absolute Gasteiger partial charge is 0.444 e. The second kappa shape index (κ2) is 10.6. The molecule has 1 amide bonds. The Balaban J connectivity index is 1.39. The lowest BCUT2D eigenvalue weighted by molar-refractivity contribution is -0.274. The summed E-state index contributed by atoms with van der Waals surface area (Å²) in [6, 6.07) is 8.91. The molecule has 1 saturated heterocycles. The van der Waals surface area contributed by atoms with E-state index in [0.717, 1.165) is 12.8 Å². The van der Waals surface area contributed by atoms with E-state index in [1.54, 1.807) is 23.1 Å². The molecule has 1 aromatic carbocycles. The summed E-state index contributed by atoms with van der Waals surface area (Å²) in [5.41, 5.74) is 0.669. The van der Waals surface area contributed by atoms with Crippen LogP contribution in [0, 0.1) is 5.92 Å². The number of carbonyl (C=O) groups is 1. The number of aromatic nitrogens is 4. The maximum absolute atomic E-state index is 12.6. The fourth-order valence-corrected chi connectivity index (χ4v) is 3.85. The van der Waals surface area contributed by atoms with Gasteiger partial charge in [-0.25, -0.2) is 9.78 Å². The number of amides is 1. The fraction of sp³-hybridized carbons (Fsp3) is 0.458. The van der Waals surface area contributed by atoms with Gasteiger partial charge in [-0.3, -0.25) is 0 Å². The molecule has 0 bridgehead atoms. The molecule has 198 valence electrons. The number of likely N-dealkylation sites (tertiary alicyclic amines) is 1. The third-order valence-electron chi connectivity index (χ3n) is 5.56. The van der Waals surface area contributed by atoms with Crippen LogP contribution in [0.3, 0.4) is 0 Å². The molecule has 0 saturated carbocycles. The Morgan fingerprint density at radius 2 is 1.86 bits per heavy atom. The van der Waals surface area contributed by atoms with Gasteiger partial charge in [0.05, 0.1) is 0 Å². The van der Waals surface area contributed by atoms with E-state index < -0.39 is 12.0 Å². The van der Waals surface area contributed by atoms with E-state index in [-0.39, 0.29) is 17.7 Å². The molecule has 0 aliphatic carbocycles. The normalized spacial score (nSPS) is 14.9. The van der Waals surface area contributed by atoms with Crippen molar-refractivity contribution in [3.63, 3.8) is 0 Å². The van der Waals surface area contributed by atoms with Crippen molar-refractivity contribution in [1.82, 2.24) is 25.3 Å². The van der Waals surface area contributed by atoms with Crippen LogP contribution in [0.1, 0.15) is 33.6 Å². The number of hydrogen-bond donors (Lipinski definition) is 2. The minimum atomic E-state index is -4.80. The Morgan fingerprint density at radius 3 is 2.57 bits per heavy atom. The lowest BCUT2D eigenvalue weighted by atomic mass is 9.97. The summed E-state index contributed by atoms with van der Waals surface area (Å²) in [5, 5.41) is 17.9. The van der Waals surface area contributed by atoms with Crippen molar-refractivity contribution >= 4 is 34.4 Å². The molecule has 0 spiro atoms. The minimum absolute atomic E-state index is 0.239. The lowest BCUT2D eigenvalue weighted by Crippen LogP contribution is -2.42. The molecule has 4 rings (SSSR count). The summed E-state index contributed by atoms with van der Waals surface area (Å²) >= 11 is 0. The van der Waals surface area contributed by atoms with Crippen LogP contribution in [-0.4, -0.2) is 63.0 Å². The Bertz CT molecular complexity index is 1240. The maximum Gasteiger partial charge on any atom is 0.573 e. The quantitative estimate of drug-likeness (QED) is 0.458. The molecule has 0 radical (unpaired) electrons. The molecule has 3 heterocycles. The molecule has 10 nitrogen and oxygen atoms in total. The molecule has 37 heavy (non-hydrogen) atoms. The summed E-state index contributed by atoms with van der Waals surface area (Å²) in [7, 11) is 0. The van der Waals surface area contributed by atoms with Crippen LogP contribution < -0.4 is 15.4 Å². The molecule has 13 heteroatoms. The number of halogens is 3. The number of nitrogens with zero attached hydrogens (tertiary/aromatic N) is 5. The van der Waals surface area contributed by atoms with Crippen LogP contribution in [0.5, 0.6) is 5.75 Å². The summed E-state index contributed by atoms with van der Waals surface area (Å²) in [5.74, 6) is 0.813. The zero-order chi connectivity index (χ0) is 26.6. The van der Waals surface area contributed by atoms with Gasteiger partial charge >= 0.3 is 12.5 Å². The molecule has 2 N–H and O–H groups in total. The van der Waals surface area contributed by atoms with Gasteiger partial charge < -0.3 is 25.0 Å². The standard InChI is InChI=1S/C24H28F3N7O3/c1-23(2,3)37-22(35)34-11-9-15(10-12-34)14-28-19-8-7-18-20(30-19)21(32-33-31-18)29-16-5-4-6-17(13-16)36-24(25,26)27/h4-8,13,15H,9-12,14H2,1-3H3,(H,28,30)(H,29,31,32). The van der Waals surface area contributed by atoms with Gasteiger partial charge in [0.1, 0.15) is 28.2 Å². The highest BCUT2D eigenvalue weighted by Gasteiger charge is 2.31. The van der Waals surface area contributed by atoms with E-state index >= 15 is 0 Å². The van der Waals surface area contributed by atoms with Crippen molar-refractivity contribution in [3.05, 3.63) is 36.4 Å². The second-order valence-corrected chi connectivity index (χ2v) is 9.69. The van der Waals surface area contributed by atoms with Crippen molar-refractivity contribution in [2.24, 2.45) is 5.92 Å². The summed E-state index contributed by atoms with van der Waals surface area (Å²) in [6.07, 6.45) is -3.43. The predicted molar refractivity (Wildman–Crippen MR) is 131 cm³/mol. The molecule has 0 unspecified atom stereocenters. The molecule has 1 aliphatic heterocycles. The summed E-state index contributed by atoms with van der Waals surface area (Å²) < 4.78 is 47.1. The van der Waals surface area contributed by atoms with Crippen molar-refractivity contribution in [2.45, 2.75) is 45.6 Å². The Kier molecular flexibility index (Phi) is 7.50. The zero-order valence-electron chi connectivity index (χ0n) is 20.7. The summed E-state index contributed by atoms with van der Waals surface area (Å²) in [6.45, 7) is 7.44. The molecule has 1 fully saturated rings. The monoisotopic (exact) mass is 519 g/mol. The number of anilines is 3. The number of carbonyl (C=O) groups excluding carboxylic acids is 1. The molecular formula is C24H28F3N7O3. The number of piperidine rings is 1. The highest BCUT2D eigenvalue weighted by molar-refractivity contribution is 5.87. The average Bonchev–Trinajstić information content (AvgIpc) is 2.81. The number of ether oxygens (including phenoxy) is 2. The van der Waals surface area contributed by atoms with Crippen molar-refractivity contribution in [3.8, 4) is 5.75 Å². The number of hydrogen-bond acceptors (Lipinski definition) is 9. The van der Waals surface area contributed by atoms with Gasteiger partial charge in [-0.2, -0.15) is 0 Å². The third-order valence-corrected chi connectivity index (χ3v) is 5.56. The summed E-state index contributed by atoms with van der Waals surface area (Å²) in [4.78, 5) is 18.6. The van der Waals surface area contributed by atoms with E-state index in [2.05, 4.69) is 35.8 Å². The minimum Gasteiger partial charge on any atom is -0.444 e. The number of benzene rings is 1. The van der Waals surface area contributed by atoms with Crippen LogP contribution in [0.2, 0.25) is 0 Å². The van der Waals surface area contributed by atoms with E-state index in [9.17, 15) is 18.0 Å². The number of rotatable bonds is 6. The number of alkyl halides is 3. The second-order valence-electron chi connectivity index (χ2n) is 9.69.